The molecule has 1 aromatic rings. The van der Waals surface area contributed by atoms with Crippen LogP contribution in [0.25, 0.3) is 0 Å². The lowest BCUT2D eigenvalue weighted by molar-refractivity contribution is 1.06. The van der Waals surface area contributed by atoms with Crippen LogP contribution in [-0.4, -0.2) is 16.2 Å². The number of aromatic amines is 1. The molecule has 1 heterocycles. The van der Waals surface area contributed by atoms with Gasteiger partial charge in [-0.15, -0.1) is 0 Å². The Hall–Kier alpha value is -1.96. The van der Waals surface area contributed by atoms with E-state index in [0.717, 1.165) is 0 Å². The van der Waals surface area contributed by atoms with Gasteiger partial charge in [0.25, 0.3) is 0 Å². The summed E-state index contributed by atoms with van der Waals surface area (Å²) in [6.07, 6.45) is 3.99. The number of rotatable bonds is 3. The standard InChI is InChI=1S/C8H8N4O/c9-4-1-2-5-10-7-3-6-11-8(13)12-7/h3,5-6H,1-2H2,(H,11,12,13). The second-order valence-electron chi connectivity index (χ2n) is 2.27. The first-order valence-electron chi connectivity index (χ1n) is 3.78. The number of H-pyrrole nitrogens is 1. The van der Waals surface area contributed by atoms with E-state index >= 15 is 0 Å². The summed E-state index contributed by atoms with van der Waals surface area (Å²) in [5, 5.41) is 8.23. The Morgan fingerprint density at radius 3 is 3.31 bits per heavy atom. The summed E-state index contributed by atoms with van der Waals surface area (Å²) in [5.41, 5.74) is -0.421. The number of aromatic nitrogens is 2. The highest BCUT2D eigenvalue weighted by Gasteiger charge is 1.87. The normalized spacial score (nSPS) is 10.1. The quantitative estimate of drug-likeness (QED) is 0.545. The minimum Gasteiger partial charge on any atom is -0.290 e. The molecule has 0 atom stereocenters. The maximum absolute atomic E-state index is 10.7. The minimum absolute atomic E-state index is 0.421. The molecule has 0 saturated heterocycles. The molecule has 0 aliphatic carbocycles. The lowest BCUT2D eigenvalue weighted by Gasteiger charge is -1.89. The molecule has 0 radical (unpaired) electrons. The van der Waals surface area contributed by atoms with Crippen LogP contribution in [0.3, 0.4) is 0 Å². The van der Waals surface area contributed by atoms with E-state index in [2.05, 4.69) is 15.0 Å². The van der Waals surface area contributed by atoms with Crippen molar-refractivity contribution in [3.63, 3.8) is 0 Å². The molecule has 0 spiro atoms. The predicted molar refractivity (Wildman–Crippen MR) is 47.9 cm³/mol. The molecule has 1 rings (SSSR count). The van der Waals surface area contributed by atoms with Gasteiger partial charge >= 0.3 is 5.69 Å². The lowest BCUT2D eigenvalue weighted by atomic mass is 10.4. The molecule has 1 aromatic heterocycles. The number of hydrogen-bond donors (Lipinski definition) is 1. The molecule has 0 saturated carbocycles. The zero-order chi connectivity index (χ0) is 9.52. The van der Waals surface area contributed by atoms with Gasteiger partial charge < -0.3 is 0 Å². The number of unbranched alkanes of at least 4 members (excludes halogenated alkanes) is 1. The minimum atomic E-state index is -0.421. The van der Waals surface area contributed by atoms with Gasteiger partial charge in [0.05, 0.1) is 6.07 Å². The van der Waals surface area contributed by atoms with Gasteiger partial charge in [0.2, 0.25) is 0 Å². The monoisotopic (exact) mass is 176 g/mol. The summed E-state index contributed by atoms with van der Waals surface area (Å²) in [6.45, 7) is 0. The zero-order valence-electron chi connectivity index (χ0n) is 6.90. The molecule has 13 heavy (non-hydrogen) atoms. The first-order valence-corrected chi connectivity index (χ1v) is 3.78. The van der Waals surface area contributed by atoms with Crippen molar-refractivity contribution in [2.24, 2.45) is 4.99 Å². The van der Waals surface area contributed by atoms with E-state index in [1.54, 1.807) is 12.3 Å². The molecule has 0 unspecified atom stereocenters. The van der Waals surface area contributed by atoms with Crippen molar-refractivity contribution in [1.29, 1.82) is 5.26 Å². The summed E-state index contributed by atoms with van der Waals surface area (Å²) >= 11 is 0. The fourth-order valence-electron chi connectivity index (χ4n) is 0.726. The van der Waals surface area contributed by atoms with E-state index in [9.17, 15) is 4.79 Å². The van der Waals surface area contributed by atoms with Crippen LogP contribution < -0.4 is 5.69 Å². The van der Waals surface area contributed by atoms with Crippen molar-refractivity contribution in [2.45, 2.75) is 12.8 Å². The molecule has 0 fully saturated rings. The van der Waals surface area contributed by atoms with Crippen LogP contribution >= 0.6 is 0 Å². The van der Waals surface area contributed by atoms with Crippen molar-refractivity contribution in [1.82, 2.24) is 9.97 Å². The average molecular weight is 176 g/mol. The third-order valence-electron chi connectivity index (χ3n) is 1.27. The molecule has 1 N–H and O–H groups in total. The Bertz CT molecular complexity index is 388. The first kappa shape index (κ1) is 9.13. The summed E-state index contributed by atoms with van der Waals surface area (Å²) in [4.78, 5) is 20.5. The topological polar surface area (TPSA) is 81.9 Å². The Kier molecular flexibility index (Phi) is 3.39. The molecule has 0 bridgehead atoms. The predicted octanol–water partition coefficient (Wildman–Crippen LogP) is 0.776. The molecule has 5 heteroatoms. The summed E-state index contributed by atoms with van der Waals surface area (Å²) in [7, 11) is 0. The van der Waals surface area contributed by atoms with Crippen LogP contribution in [0.4, 0.5) is 5.82 Å². The highest BCUT2D eigenvalue weighted by atomic mass is 16.1. The van der Waals surface area contributed by atoms with Crippen LogP contribution in [0, 0.1) is 11.3 Å². The van der Waals surface area contributed by atoms with E-state index in [-0.39, 0.29) is 0 Å². The van der Waals surface area contributed by atoms with Crippen molar-refractivity contribution in [3.05, 3.63) is 22.7 Å². The number of hydrogen-bond acceptors (Lipinski definition) is 4. The smallest absolute Gasteiger partial charge is 0.290 e. The highest BCUT2D eigenvalue weighted by molar-refractivity contribution is 5.61. The van der Waals surface area contributed by atoms with Crippen LogP contribution in [0.2, 0.25) is 0 Å². The van der Waals surface area contributed by atoms with Crippen molar-refractivity contribution >= 4 is 12.0 Å². The third-order valence-corrected chi connectivity index (χ3v) is 1.27. The molecule has 0 aliphatic heterocycles. The van der Waals surface area contributed by atoms with Gasteiger partial charge in [-0.1, -0.05) is 0 Å². The molecule has 5 nitrogen and oxygen atoms in total. The maximum atomic E-state index is 10.7. The second kappa shape index (κ2) is 4.83. The first-order chi connectivity index (χ1) is 6.33. The molecule has 0 aliphatic rings. The van der Waals surface area contributed by atoms with Crippen LogP contribution in [0.1, 0.15) is 12.8 Å². The van der Waals surface area contributed by atoms with Crippen LogP contribution in [0.15, 0.2) is 22.1 Å². The molecule has 0 aromatic carbocycles. The van der Waals surface area contributed by atoms with Gasteiger partial charge in [-0.25, -0.2) is 14.8 Å². The van der Waals surface area contributed by atoms with E-state index in [1.165, 1.54) is 6.20 Å². The molecule has 0 amide bonds. The maximum Gasteiger partial charge on any atom is 0.346 e. The zero-order valence-corrected chi connectivity index (χ0v) is 6.90. The Morgan fingerprint density at radius 1 is 1.77 bits per heavy atom. The molecule has 66 valence electrons. The number of nitrogens with zero attached hydrogens (tertiary/aromatic N) is 3. The Balaban J connectivity index is 2.59. The fraction of sp³-hybridized carbons (Fsp3) is 0.250. The average Bonchev–Trinajstić information content (AvgIpc) is 2.13. The van der Waals surface area contributed by atoms with E-state index < -0.39 is 5.69 Å². The third kappa shape index (κ3) is 3.29. The van der Waals surface area contributed by atoms with Gasteiger partial charge in [0.1, 0.15) is 5.82 Å². The lowest BCUT2D eigenvalue weighted by Crippen LogP contribution is -2.07. The highest BCUT2D eigenvalue weighted by Crippen LogP contribution is 2.00. The van der Waals surface area contributed by atoms with Gasteiger partial charge in [0, 0.05) is 18.8 Å². The Labute approximate surface area is 74.8 Å². The van der Waals surface area contributed by atoms with E-state index in [1.807, 2.05) is 6.07 Å². The fourth-order valence-corrected chi connectivity index (χ4v) is 0.726. The second-order valence-corrected chi connectivity index (χ2v) is 2.27. The van der Waals surface area contributed by atoms with Crippen molar-refractivity contribution < 1.29 is 0 Å². The SMILES string of the molecule is N#CCCC=Nc1ccnc(=O)[nH]1. The summed E-state index contributed by atoms with van der Waals surface area (Å²) in [5.74, 6) is 0.456. The van der Waals surface area contributed by atoms with Crippen molar-refractivity contribution in [2.75, 3.05) is 0 Å². The molecular weight excluding hydrogens is 168 g/mol. The Morgan fingerprint density at radius 2 is 2.62 bits per heavy atom. The van der Waals surface area contributed by atoms with Gasteiger partial charge in [0.15, 0.2) is 0 Å². The number of nitrogens with one attached hydrogen (secondary N) is 1. The van der Waals surface area contributed by atoms with Gasteiger partial charge in [-0.2, -0.15) is 5.26 Å². The largest absolute Gasteiger partial charge is 0.346 e. The number of nitriles is 1. The summed E-state index contributed by atoms with van der Waals surface area (Å²) in [6, 6.07) is 3.58. The summed E-state index contributed by atoms with van der Waals surface area (Å²) < 4.78 is 0. The molecular formula is C8H8N4O. The van der Waals surface area contributed by atoms with Gasteiger partial charge in [-0.3, -0.25) is 4.98 Å². The van der Waals surface area contributed by atoms with Gasteiger partial charge in [-0.05, 0) is 12.5 Å². The number of aliphatic imine (C=N–C) groups is 1. The van der Waals surface area contributed by atoms with Crippen molar-refractivity contribution in [3.8, 4) is 6.07 Å². The van der Waals surface area contributed by atoms with Crippen LogP contribution in [0.5, 0.6) is 0 Å². The van der Waals surface area contributed by atoms with E-state index in [4.69, 9.17) is 5.26 Å². The van der Waals surface area contributed by atoms with E-state index in [0.29, 0.717) is 18.7 Å². The van der Waals surface area contributed by atoms with Crippen LogP contribution in [-0.2, 0) is 0 Å².